The molecule has 0 unspecified atom stereocenters. The Hall–Kier alpha value is 1.26. The molecule has 3 nitrogen and oxygen atoms in total. The molecule has 0 aliphatic heterocycles. The molecule has 0 aromatic heterocycles. The molecule has 11 heavy (non-hydrogen) atoms. The zero-order chi connectivity index (χ0) is 9.11. The first-order chi connectivity index (χ1) is 5.15. The van der Waals surface area contributed by atoms with E-state index in [4.69, 9.17) is 40.7 Å². The van der Waals surface area contributed by atoms with Gasteiger partial charge in [-0.25, -0.2) is 0 Å². The summed E-state index contributed by atoms with van der Waals surface area (Å²) in [5.41, 5.74) is 0. The first-order valence-electron chi connectivity index (χ1n) is 2.72. The van der Waals surface area contributed by atoms with Gasteiger partial charge in [0.05, 0.1) is 13.2 Å². The normalized spacial score (nSPS) is 10.1. The van der Waals surface area contributed by atoms with E-state index in [2.05, 4.69) is 5.32 Å². The molecule has 0 aromatic rings. The van der Waals surface area contributed by atoms with Crippen LogP contribution in [0.3, 0.4) is 0 Å². The minimum absolute atomic E-state index is 0.139. The first-order valence-corrected chi connectivity index (χ1v) is 7.01. The number of aliphatic hydroxyl groups is 2. The Bertz CT molecular complexity index is 62.5. The van der Waals surface area contributed by atoms with Crippen LogP contribution < -0.4 is 5.32 Å². The van der Waals surface area contributed by atoms with Crippen LogP contribution in [-0.4, -0.2) is 36.5 Å². The summed E-state index contributed by atoms with van der Waals surface area (Å²) in [6.07, 6.45) is 0. The van der Waals surface area contributed by atoms with Crippen molar-refractivity contribution in [3.63, 3.8) is 0 Å². The second-order valence-electron chi connectivity index (χ2n) is 1.34. The average molecular weight is 270 g/mol. The van der Waals surface area contributed by atoms with E-state index in [0.29, 0.717) is 13.1 Å². The van der Waals surface area contributed by atoms with Crippen molar-refractivity contribution in [2.24, 2.45) is 0 Å². The second kappa shape index (κ2) is 13.8. The summed E-state index contributed by atoms with van der Waals surface area (Å²) in [7, 11) is 13.4. The third kappa shape index (κ3) is 34.9. The van der Waals surface area contributed by atoms with Gasteiger partial charge in [-0.1, -0.05) is 0 Å². The summed E-state index contributed by atoms with van der Waals surface area (Å²) in [6, 6.07) is 0. The number of halogens is 3. The Morgan fingerprint density at radius 3 is 1.45 bits per heavy atom. The number of rotatable bonds is 4. The van der Waals surface area contributed by atoms with Gasteiger partial charge in [0.2, 0.25) is 0 Å². The van der Waals surface area contributed by atoms with Crippen LogP contribution in [0.25, 0.3) is 0 Å². The molecule has 0 rings (SSSR count). The molecule has 74 valence electrons. The summed E-state index contributed by atoms with van der Waals surface area (Å²) < 4.78 is 0. The van der Waals surface area contributed by atoms with Gasteiger partial charge in [-0.2, -0.15) is 0 Å². The number of aliphatic hydroxyl groups excluding tert-OH is 2. The molecule has 0 spiro atoms. The van der Waals surface area contributed by atoms with Crippen molar-refractivity contribution < 1.29 is 21.2 Å². The molecule has 0 bridgehead atoms. The van der Waals surface area contributed by atoms with Crippen molar-refractivity contribution in [2.45, 2.75) is 0 Å². The van der Waals surface area contributed by atoms with Crippen LogP contribution in [0.4, 0.5) is 0 Å². The van der Waals surface area contributed by atoms with Crippen LogP contribution in [-0.2, 0) is 10.9 Å². The molecular weight excluding hydrogens is 259 g/mol. The van der Waals surface area contributed by atoms with E-state index < -0.39 is 10.9 Å². The molecule has 0 aliphatic carbocycles. The van der Waals surface area contributed by atoms with Crippen LogP contribution >= 0.6 is 30.4 Å². The third-order valence-corrected chi connectivity index (χ3v) is 0.577. The monoisotopic (exact) mass is 269 g/mol. The summed E-state index contributed by atoms with van der Waals surface area (Å²) in [5, 5.41) is 19.1. The molecule has 0 saturated heterocycles. The fraction of sp³-hybridized carbons (Fsp3) is 1.00. The van der Waals surface area contributed by atoms with Gasteiger partial charge >= 0.3 is 41.4 Å². The van der Waals surface area contributed by atoms with E-state index in [1.807, 2.05) is 0 Å². The van der Waals surface area contributed by atoms with Gasteiger partial charge in [0.25, 0.3) is 0 Å². The van der Waals surface area contributed by atoms with Crippen molar-refractivity contribution in [1.82, 2.24) is 5.32 Å². The Kier molecular flexibility index (Phi) is 18.5. The predicted octanol–water partition coefficient (Wildman–Crippen LogP) is 0.627. The third-order valence-electron chi connectivity index (χ3n) is 0.577. The Labute approximate surface area is 83.1 Å². The molecule has 0 aromatic carbocycles. The van der Waals surface area contributed by atoms with Crippen molar-refractivity contribution >= 4 is 30.4 Å². The van der Waals surface area contributed by atoms with Crippen molar-refractivity contribution in [3.05, 3.63) is 0 Å². The topological polar surface area (TPSA) is 52.5 Å². The van der Waals surface area contributed by atoms with Crippen molar-refractivity contribution in [2.75, 3.05) is 26.3 Å². The van der Waals surface area contributed by atoms with E-state index in [9.17, 15) is 0 Å². The quantitative estimate of drug-likeness (QED) is 0.657. The van der Waals surface area contributed by atoms with Crippen LogP contribution in [0.5, 0.6) is 0 Å². The average Bonchev–Trinajstić information content (AvgIpc) is 1.88. The van der Waals surface area contributed by atoms with Crippen molar-refractivity contribution in [1.29, 1.82) is 0 Å². The predicted molar refractivity (Wildman–Crippen MR) is 44.6 cm³/mol. The molecule has 0 heterocycles. The summed E-state index contributed by atoms with van der Waals surface area (Å²) in [5.74, 6) is 0. The van der Waals surface area contributed by atoms with Crippen molar-refractivity contribution in [3.8, 4) is 0 Å². The summed E-state index contributed by atoms with van der Waals surface area (Å²) in [6.45, 7) is 1.42. The van der Waals surface area contributed by atoms with E-state index >= 15 is 0 Å². The molecule has 0 radical (unpaired) electrons. The Balaban J connectivity index is 0. The first kappa shape index (κ1) is 14.8. The molecule has 3 N–H and O–H groups in total. The number of hydrogen-bond acceptors (Lipinski definition) is 3. The van der Waals surface area contributed by atoms with Gasteiger partial charge in [-0.15, -0.1) is 0 Å². The van der Waals surface area contributed by atoms with Crippen LogP contribution in [0.15, 0.2) is 0 Å². The maximum absolute atomic E-state index is 8.15. The van der Waals surface area contributed by atoms with E-state index in [0.717, 1.165) is 0 Å². The van der Waals surface area contributed by atoms with Gasteiger partial charge in [-0.3, -0.25) is 0 Å². The molecule has 0 saturated carbocycles. The van der Waals surface area contributed by atoms with Crippen LogP contribution in [0, 0.1) is 0 Å². The van der Waals surface area contributed by atoms with E-state index in [1.54, 1.807) is 0 Å². The zero-order valence-electron chi connectivity index (χ0n) is 5.69. The maximum atomic E-state index is 8.15. The summed E-state index contributed by atoms with van der Waals surface area (Å²) >= 11 is 0. The van der Waals surface area contributed by atoms with Gasteiger partial charge in [0.1, 0.15) is 0 Å². The minimum atomic E-state index is -1.19. The number of nitrogens with one attached hydrogen (secondary N) is 1. The van der Waals surface area contributed by atoms with Gasteiger partial charge in [-0.05, 0) is 0 Å². The van der Waals surface area contributed by atoms with E-state index in [1.165, 1.54) is 0 Å². The zero-order valence-corrected chi connectivity index (χ0v) is 9.00. The molecular formula is C4H11Cl3CoNO2. The van der Waals surface area contributed by atoms with Crippen LogP contribution in [0.2, 0.25) is 0 Å². The van der Waals surface area contributed by atoms with Gasteiger partial charge in [0, 0.05) is 13.1 Å². The number of hydrogen-bond donors (Lipinski definition) is 3. The summed E-state index contributed by atoms with van der Waals surface area (Å²) in [4.78, 5) is 0. The molecule has 0 fully saturated rings. The van der Waals surface area contributed by atoms with Gasteiger partial charge in [0.15, 0.2) is 0 Å². The molecule has 7 heteroatoms. The second-order valence-corrected chi connectivity index (χ2v) is 6.50. The Morgan fingerprint density at radius 1 is 1.00 bits per heavy atom. The fourth-order valence-corrected chi connectivity index (χ4v) is 0.283. The van der Waals surface area contributed by atoms with Gasteiger partial charge < -0.3 is 15.5 Å². The molecule has 0 aliphatic rings. The SMILES string of the molecule is OCCNCCO.[Cl][Co]([Cl])[Cl]. The molecule has 0 amide bonds. The van der Waals surface area contributed by atoms with Crippen LogP contribution in [0.1, 0.15) is 0 Å². The van der Waals surface area contributed by atoms with E-state index in [-0.39, 0.29) is 13.2 Å². The fourth-order valence-electron chi connectivity index (χ4n) is 0.283. The Morgan fingerprint density at radius 2 is 1.27 bits per heavy atom. The molecule has 0 atom stereocenters. The standard InChI is InChI=1S/C4H11NO2.3ClH.Co/c6-3-1-5-2-4-7;;;;/h5-7H,1-4H2;3*1H;/q;;;;+3/p-3.